The quantitative estimate of drug-likeness (QED) is 0.581. The van der Waals surface area contributed by atoms with Gasteiger partial charge in [-0.25, -0.2) is 0 Å². The number of hydrogen-bond donors (Lipinski definition) is 1. The van der Waals surface area contributed by atoms with E-state index >= 15 is 0 Å². The first-order valence-corrected chi connectivity index (χ1v) is 6.49. The third-order valence-corrected chi connectivity index (χ3v) is 3.53. The lowest BCUT2D eigenvalue weighted by Gasteiger charge is -2.28. The molecule has 1 aliphatic rings. The number of carbonyl (C=O) groups is 1. The number of carbonyl (C=O) groups excluding carboxylic acids is 1. The first kappa shape index (κ1) is 13.5. The van der Waals surface area contributed by atoms with Gasteiger partial charge in [-0.05, 0) is 44.9 Å². The maximum absolute atomic E-state index is 11.7. The average Bonchev–Trinajstić information content (AvgIpc) is 2.29. The van der Waals surface area contributed by atoms with Gasteiger partial charge in [0.15, 0.2) is 0 Å². The van der Waals surface area contributed by atoms with E-state index in [4.69, 9.17) is 4.74 Å². The van der Waals surface area contributed by atoms with Crippen molar-refractivity contribution in [2.75, 3.05) is 6.61 Å². The molecule has 0 aromatic carbocycles. The molecule has 0 radical (unpaired) electrons. The molecule has 0 heterocycles. The number of aliphatic hydroxyl groups excluding tert-OH is 1. The number of esters is 1. The van der Waals surface area contributed by atoms with Crippen LogP contribution in [0.15, 0.2) is 0 Å². The predicted octanol–water partition coefficient (Wildman–Crippen LogP) is 2.52. The lowest BCUT2D eigenvalue weighted by atomic mass is 9.80. The van der Waals surface area contributed by atoms with Gasteiger partial charge in [0, 0.05) is 0 Å². The minimum Gasteiger partial charge on any atom is -0.465 e. The first-order valence-electron chi connectivity index (χ1n) is 6.49. The second kappa shape index (κ2) is 6.89. The SMILES string of the molecule is CCCCOC(=O)C1CCC(C(C)O)CC1. The van der Waals surface area contributed by atoms with Crippen LogP contribution in [0.5, 0.6) is 0 Å². The average molecular weight is 228 g/mol. The van der Waals surface area contributed by atoms with E-state index in [0.29, 0.717) is 12.5 Å². The standard InChI is InChI=1S/C13H24O3/c1-3-4-9-16-13(15)12-7-5-11(6-8-12)10(2)14/h10-12,14H,3-9H2,1-2H3. The number of unbranched alkanes of at least 4 members (excludes halogenated alkanes) is 1. The molecule has 1 N–H and O–H groups in total. The van der Waals surface area contributed by atoms with Crippen LogP contribution in [0.1, 0.15) is 52.4 Å². The van der Waals surface area contributed by atoms with E-state index < -0.39 is 0 Å². The van der Waals surface area contributed by atoms with E-state index in [1.165, 1.54) is 0 Å². The molecule has 1 aliphatic carbocycles. The van der Waals surface area contributed by atoms with E-state index in [9.17, 15) is 9.90 Å². The smallest absolute Gasteiger partial charge is 0.308 e. The van der Waals surface area contributed by atoms with Crippen LogP contribution in [0.25, 0.3) is 0 Å². The number of hydrogen-bond acceptors (Lipinski definition) is 3. The molecule has 1 saturated carbocycles. The van der Waals surface area contributed by atoms with Crippen molar-refractivity contribution in [2.45, 2.75) is 58.5 Å². The van der Waals surface area contributed by atoms with Gasteiger partial charge < -0.3 is 9.84 Å². The molecule has 3 nitrogen and oxygen atoms in total. The molecule has 1 unspecified atom stereocenters. The first-order chi connectivity index (χ1) is 7.65. The summed E-state index contributed by atoms with van der Waals surface area (Å²) < 4.78 is 5.22. The summed E-state index contributed by atoms with van der Waals surface area (Å²) in [7, 11) is 0. The molecule has 0 aromatic heterocycles. The molecule has 0 aromatic rings. The number of ether oxygens (including phenoxy) is 1. The van der Waals surface area contributed by atoms with E-state index in [-0.39, 0.29) is 18.0 Å². The van der Waals surface area contributed by atoms with Crippen molar-refractivity contribution in [1.29, 1.82) is 0 Å². The van der Waals surface area contributed by atoms with Gasteiger partial charge in [-0.3, -0.25) is 4.79 Å². The summed E-state index contributed by atoms with van der Waals surface area (Å²) in [6.45, 7) is 4.48. The predicted molar refractivity (Wildman–Crippen MR) is 63.0 cm³/mol. The van der Waals surface area contributed by atoms with Crippen molar-refractivity contribution >= 4 is 5.97 Å². The van der Waals surface area contributed by atoms with E-state index in [2.05, 4.69) is 6.92 Å². The van der Waals surface area contributed by atoms with Crippen LogP contribution in [0.2, 0.25) is 0 Å². The normalized spacial score (nSPS) is 27.4. The molecule has 1 rings (SSSR count). The zero-order valence-electron chi connectivity index (χ0n) is 10.4. The molecule has 0 bridgehead atoms. The summed E-state index contributed by atoms with van der Waals surface area (Å²) in [5, 5.41) is 9.46. The van der Waals surface area contributed by atoms with Crippen molar-refractivity contribution in [3.8, 4) is 0 Å². The Bertz CT molecular complexity index is 205. The van der Waals surface area contributed by atoms with Crippen LogP contribution in [0, 0.1) is 11.8 Å². The topological polar surface area (TPSA) is 46.5 Å². The summed E-state index contributed by atoms with van der Waals surface area (Å²) in [6.07, 6.45) is 5.42. The maximum Gasteiger partial charge on any atom is 0.308 e. The monoisotopic (exact) mass is 228 g/mol. The molecule has 0 amide bonds. The van der Waals surface area contributed by atoms with Gasteiger partial charge in [-0.2, -0.15) is 0 Å². The maximum atomic E-state index is 11.7. The van der Waals surface area contributed by atoms with E-state index in [1.54, 1.807) is 0 Å². The summed E-state index contributed by atoms with van der Waals surface area (Å²) in [5.74, 6) is 0.420. The lowest BCUT2D eigenvalue weighted by Crippen LogP contribution is -2.28. The van der Waals surface area contributed by atoms with Gasteiger partial charge in [0.2, 0.25) is 0 Å². The van der Waals surface area contributed by atoms with Crippen molar-refractivity contribution < 1.29 is 14.6 Å². The van der Waals surface area contributed by atoms with Crippen LogP contribution < -0.4 is 0 Å². The minimum atomic E-state index is -0.239. The molecule has 1 atom stereocenters. The molecule has 0 aliphatic heterocycles. The Kier molecular flexibility index (Phi) is 5.81. The highest BCUT2D eigenvalue weighted by molar-refractivity contribution is 5.72. The van der Waals surface area contributed by atoms with Gasteiger partial charge in [-0.15, -0.1) is 0 Å². The van der Waals surface area contributed by atoms with E-state index in [1.807, 2.05) is 6.92 Å². The van der Waals surface area contributed by atoms with Gasteiger partial charge in [0.05, 0.1) is 18.6 Å². The summed E-state index contributed by atoms with van der Waals surface area (Å²) in [6, 6.07) is 0. The van der Waals surface area contributed by atoms with Crippen LogP contribution in [-0.4, -0.2) is 23.8 Å². The Morgan fingerprint density at radius 2 is 2.00 bits per heavy atom. The summed E-state index contributed by atoms with van der Waals surface area (Å²) >= 11 is 0. The molecule has 0 saturated heterocycles. The Labute approximate surface area is 98.2 Å². The molecular formula is C13H24O3. The van der Waals surface area contributed by atoms with Crippen LogP contribution >= 0.6 is 0 Å². The highest BCUT2D eigenvalue weighted by atomic mass is 16.5. The van der Waals surface area contributed by atoms with Crippen molar-refractivity contribution in [2.24, 2.45) is 11.8 Å². The number of aliphatic hydroxyl groups is 1. The molecule has 16 heavy (non-hydrogen) atoms. The zero-order chi connectivity index (χ0) is 12.0. The Morgan fingerprint density at radius 1 is 1.38 bits per heavy atom. The van der Waals surface area contributed by atoms with Crippen molar-refractivity contribution in [3.63, 3.8) is 0 Å². The second-order valence-electron chi connectivity index (χ2n) is 4.87. The van der Waals surface area contributed by atoms with Gasteiger partial charge in [-0.1, -0.05) is 13.3 Å². The van der Waals surface area contributed by atoms with Crippen LogP contribution in [-0.2, 0) is 9.53 Å². The molecular weight excluding hydrogens is 204 g/mol. The highest BCUT2D eigenvalue weighted by Crippen LogP contribution is 2.31. The fourth-order valence-electron chi connectivity index (χ4n) is 2.27. The van der Waals surface area contributed by atoms with Crippen molar-refractivity contribution in [1.82, 2.24) is 0 Å². The van der Waals surface area contributed by atoms with Crippen LogP contribution in [0.4, 0.5) is 0 Å². The highest BCUT2D eigenvalue weighted by Gasteiger charge is 2.29. The lowest BCUT2D eigenvalue weighted by molar-refractivity contribution is -0.150. The fraction of sp³-hybridized carbons (Fsp3) is 0.923. The largest absolute Gasteiger partial charge is 0.465 e. The van der Waals surface area contributed by atoms with E-state index in [0.717, 1.165) is 38.5 Å². The fourth-order valence-corrected chi connectivity index (χ4v) is 2.27. The molecule has 1 fully saturated rings. The third kappa shape index (κ3) is 4.12. The summed E-state index contributed by atoms with van der Waals surface area (Å²) in [5.41, 5.74) is 0. The zero-order valence-corrected chi connectivity index (χ0v) is 10.4. The second-order valence-corrected chi connectivity index (χ2v) is 4.87. The van der Waals surface area contributed by atoms with Gasteiger partial charge >= 0.3 is 5.97 Å². The van der Waals surface area contributed by atoms with Crippen molar-refractivity contribution in [3.05, 3.63) is 0 Å². The number of rotatable bonds is 5. The Morgan fingerprint density at radius 3 is 2.50 bits per heavy atom. The van der Waals surface area contributed by atoms with Gasteiger partial charge in [0.1, 0.15) is 0 Å². The third-order valence-electron chi connectivity index (χ3n) is 3.53. The minimum absolute atomic E-state index is 0.0301. The van der Waals surface area contributed by atoms with Crippen LogP contribution in [0.3, 0.4) is 0 Å². The molecule has 94 valence electrons. The Hall–Kier alpha value is -0.570. The molecule has 3 heteroatoms. The Balaban J connectivity index is 2.22. The van der Waals surface area contributed by atoms with Gasteiger partial charge in [0.25, 0.3) is 0 Å². The summed E-state index contributed by atoms with van der Waals surface area (Å²) in [4.78, 5) is 11.7. The molecule has 0 spiro atoms.